The van der Waals surface area contributed by atoms with Crippen molar-refractivity contribution in [1.29, 1.82) is 0 Å². The third-order valence-electron chi connectivity index (χ3n) is 4.73. The van der Waals surface area contributed by atoms with Crippen LogP contribution in [0.15, 0.2) is 24.8 Å². The highest BCUT2D eigenvalue weighted by molar-refractivity contribution is 5.85. The van der Waals surface area contributed by atoms with Gasteiger partial charge in [0.2, 0.25) is 0 Å². The number of aliphatic hydroxyl groups is 2. The Bertz CT molecular complexity index is 1150. The van der Waals surface area contributed by atoms with Gasteiger partial charge in [-0.15, -0.1) is 6.42 Å². The number of hydrogen-bond donors (Lipinski definition) is 3. The van der Waals surface area contributed by atoms with Crippen LogP contribution in [-0.4, -0.2) is 61.3 Å². The number of nitrogens with one attached hydrogen (secondary N) is 1. The van der Waals surface area contributed by atoms with Crippen LogP contribution < -0.4 is 5.32 Å². The molecule has 0 aliphatic carbocycles. The van der Waals surface area contributed by atoms with Gasteiger partial charge in [0.15, 0.2) is 40.7 Å². The zero-order chi connectivity index (χ0) is 22.1. The molecule has 3 aromatic rings. The van der Waals surface area contributed by atoms with Gasteiger partial charge >= 0.3 is 0 Å². The van der Waals surface area contributed by atoms with E-state index >= 15 is 0 Å². The fourth-order valence-electron chi connectivity index (χ4n) is 3.21. The van der Waals surface area contributed by atoms with Crippen molar-refractivity contribution in [2.24, 2.45) is 0 Å². The Balaban J connectivity index is 1.62. The first-order valence-electron chi connectivity index (χ1n) is 9.03. The van der Waals surface area contributed by atoms with Crippen LogP contribution >= 0.6 is 0 Å². The van der Waals surface area contributed by atoms with Gasteiger partial charge < -0.3 is 25.0 Å². The van der Waals surface area contributed by atoms with Gasteiger partial charge in [0, 0.05) is 0 Å². The second-order valence-electron chi connectivity index (χ2n) is 6.66. The van der Waals surface area contributed by atoms with E-state index < -0.39 is 42.0 Å². The quantitative estimate of drug-likeness (QED) is 0.301. The van der Waals surface area contributed by atoms with Gasteiger partial charge in [-0.3, -0.25) is 4.57 Å². The molecule has 1 aliphatic rings. The zero-order valence-electron chi connectivity index (χ0n) is 15.7. The number of rotatable bonds is 6. The lowest BCUT2D eigenvalue weighted by Crippen LogP contribution is -2.33. The summed E-state index contributed by atoms with van der Waals surface area (Å²) in [6.45, 7) is -0.0209. The number of hydrogen-bond acceptors (Lipinski definition) is 8. The SMILES string of the molecule is C#CCOC[C@H]1O[C@@H](n2cnc3c(Nc4ccc(F)c(F)c4F)ncnc32)[C@H](O)[C@@H]1O. The molecule has 3 heterocycles. The molecule has 4 atom stereocenters. The van der Waals surface area contributed by atoms with Gasteiger partial charge in [0.05, 0.1) is 18.6 Å². The van der Waals surface area contributed by atoms with Crippen molar-refractivity contribution in [3.05, 3.63) is 42.2 Å². The second-order valence-corrected chi connectivity index (χ2v) is 6.66. The minimum Gasteiger partial charge on any atom is -0.387 e. The van der Waals surface area contributed by atoms with Crippen LogP contribution in [0, 0.1) is 29.8 Å². The summed E-state index contributed by atoms with van der Waals surface area (Å²) in [6.07, 6.45) is 3.05. The first-order chi connectivity index (χ1) is 14.9. The molecule has 0 radical (unpaired) electrons. The summed E-state index contributed by atoms with van der Waals surface area (Å²) < 4.78 is 52.9. The molecule has 0 unspecified atom stereocenters. The predicted molar refractivity (Wildman–Crippen MR) is 100 cm³/mol. The third kappa shape index (κ3) is 3.79. The van der Waals surface area contributed by atoms with E-state index in [0.717, 1.165) is 18.5 Å². The van der Waals surface area contributed by atoms with Gasteiger partial charge in [-0.1, -0.05) is 5.92 Å². The number of nitrogens with zero attached hydrogens (tertiary/aromatic N) is 4. The van der Waals surface area contributed by atoms with Gasteiger partial charge in [0.25, 0.3) is 0 Å². The molecule has 0 spiro atoms. The minimum atomic E-state index is -1.63. The highest BCUT2D eigenvalue weighted by Gasteiger charge is 2.44. The number of anilines is 2. The molecule has 1 aliphatic heterocycles. The van der Waals surface area contributed by atoms with Crippen molar-refractivity contribution in [2.75, 3.05) is 18.5 Å². The first-order valence-corrected chi connectivity index (χ1v) is 9.03. The van der Waals surface area contributed by atoms with E-state index in [1.165, 1.54) is 10.9 Å². The van der Waals surface area contributed by atoms with Gasteiger partial charge in [0.1, 0.15) is 31.2 Å². The van der Waals surface area contributed by atoms with Crippen LogP contribution in [0.4, 0.5) is 24.7 Å². The summed E-state index contributed by atoms with van der Waals surface area (Å²) in [5.41, 5.74) is -0.0300. The van der Waals surface area contributed by atoms with E-state index in [1.54, 1.807) is 0 Å². The smallest absolute Gasteiger partial charge is 0.196 e. The monoisotopic (exact) mass is 435 g/mol. The Morgan fingerprint density at radius 2 is 1.97 bits per heavy atom. The molecular formula is C19H16F3N5O4. The molecule has 1 saturated heterocycles. The molecule has 0 amide bonds. The standard InChI is InChI=1S/C19H16F3N5O4/c1-2-5-30-6-11-15(28)16(29)19(31-11)27-8-25-14-17(23-7-24-18(14)27)26-10-4-3-9(20)12(21)13(10)22/h1,3-4,7-8,11,15-16,19,28-29H,5-6H2,(H,23,24,26)/t11-,15-,16-,19-/m1/s1. The summed E-state index contributed by atoms with van der Waals surface area (Å²) in [7, 11) is 0. The topological polar surface area (TPSA) is 115 Å². The lowest BCUT2D eigenvalue weighted by molar-refractivity contribution is -0.0615. The van der Waals surface area contributed by atoms with Crippen LogP contribution in [-0.2, 0) is 9.47 Å². The van der Waals surface area contributed by atoms with E-state index in [0.29, 0.717) is 0 Å². The molecule has 4 rings (SSSR count). The second kappa shape index (κ2) is 8.48. The third-order valence-corrected chi connectivity index (χ3v) is 4.73. The molecule has 1 aromatic carbocycles. The van der Waals surface area contributed by atoms with E-state index in [-0.39, 0.29) is 35.9 Å². The average molecular weight is 435 g/mol. The number of aliphatic hydroxyl groups excluding tert-OH is 2. The molecule has 3 N–H and O–H groups in total. The number of benzene rings is 1. The molecule has 0 bridgehead atoms. The summed E-state index contributed by atoms with van der Waals surface area (Å²) in [5, 5.41) is 23.2. The van der Waals surface area contributed by atoms with E-state index in [4.69, 9.17) is 15.9 Å². The summed E-state index contributed by atoms with van der Waals surface area (Å²) in [4.78, 5) is 12.2. The van der Waals surface area contributed by atoms with E-state index in [9.17, 15) is 23.4 Å². The fraction of sp³-hybridized carbons (Fsp3) is 0.316. The van der Waals surface area contributed by atoms with Crippen molar-refractivity contribution >= 4 is 22.7 Å². The molecule has 162 valence electrons. The normalized spacial score (nSPS) is 23.2. The van der Waals surface area contributed by atoms with Gasteiger partial charge in [-0.05, 0) is 12.1 Å². The van der Waals surface area contributed by atoms with E-state index in [2.05, 4.69) is 26.2 Å². The van der Waals surface area contributed by atoms with Gasteiger partial charge in [-0.25, -0.2) is 28.1 Å². The lowest BCUT2D eigenvalue weighted by atomic mass is 10.1. The molecule has 2 aromatic heterocycles. The number of imidazole rings is 1. The molecular weight excluding hydrogens is 419 g/mol. The number of ether oxygens (including phenoxy) is 2. The lowest BCUT2D eigenvalue weighted by Gasteiger charge is -2.16. The highest BCUT2D eigenvalue weighted by atomic mass is 19.2. The number of halogens is 3. The van der Waals surface area contributed by atoms with Crippen LogP contribution in [0.25, 0.3) is 11.2 Å². The number of aromatic nitrogens is 4. The molecule has 12 heteroatoms. The van der Waals surface area contributed by atoms with Crippen LogP contribution in [0.5, 0.6) is 0 Å². The molecule has 1 fully saturated rings. The average Bonchev–Trinajstić information content (AvgIpc) is 3.31. The Kier molecular flexibility index (Phi) is 5.75. The minimum absolute atomic E-state index is 0.00981. The Hall–Kier alpha value is -3.24. The Morgan fingerprint density at radius 3 is 2.74 bits per heavy atom. The van der Waals surface area contributed by atoms with Crippen molar-refractivity contribution < 1.29 is 32.9 Å². The van der Waals surface area contributed by atoms with Crippen LogP contribution in [0.3, 0.4) is 0 Å². The Morgan fingerprint density at radius 1 is 1.16 bits per heavy atom. The highest BCUT2D eigenvalue weighted by Crippen LogP contribution is 2.33. The van der Waals surface area contributed by atoms with E-state index in [1.807, 2.05) is 0 Å². The molecule has 31 heavy (non-hydrogen) atoms. The fourth-order valence-corrected chi connectivity index (χ4v) is 3.21. The maximum Gasteiger partial charge on any atom is 0.196 e. The summed E-state index contributed by atoms with van der Waals surface area (Å²) in [5.74, 6) is -2.08. The molecule has 0 saturated carbocycles. The summed E-state index contributed by atoms with van der Waals surface area (Å²) >= 11 is 0. The van der Waals surface area contributed by atoms with Crippen molar-refractivity contribution in [1.82, 2.24) is 19.5 Å². The van der Waals surface area contributed by atoms with Crippen LogP contribution in [0.1, 0.15) is 6.23 Å². The predicted octanol–water partition coefficient (Wildman–Crippen LogP) is 1.26. The van der Waals surface area contributed by atoms with Gasteiger partial charge in [-0.2, -0.15) is 0 Å². The maximum absolute atomic E-state index is 14.0. The summed E-state index contributed by atoms with van der Waals surface area (Å²) in [6, 6.07) is 1.78. The Labute approximate surface area is 173 Å². The van der Waals surface area contributed by atoms with Crippen molar-refractivity contribution in [2.45, 2.75) is 24.5 Å². The maximum atomic E-state index is 14.0. The molecule has 9 nitrogen and oxygen atoms in total. The number of terminal acetylenes is 1. The van der Waals surface area contributed by atoms with Crippen LogP contribution in [0.2, 0.25) is 0 Å². The first kappa shape index (κ1) is 21.0. The van der Waals surface area contributed by atoms with Crippen molar-refractivity contribution in [3.8, 4) is 12.3 Å². The zero-order valence-corrected chi connectivity index (χ0v) is 15.7. The number of fused-ring (bicyclic) bond motifs is 1. The van der Waals surface area contributed by atoms with Crippen molar-refractivity contribution in [3.63, 3.8) is 0 Å². The largest absolute Gasteiger partial charge is 0.387 e.